The van der Waals surface area contributed by atoms with Gasteiger partial charge in [0.1, 0.15) is 5.60 Å². The number of likely N-dealkylation sites (tertiary alicyclic amines) is 1. The molecule has 2 aliphatic rings. The van der Waals surface area contributed by atoms with Crippen molar-refractivity contribution in [2.45, 2.75) is 31.4 Å². The number of aromatic nitrogens is 2. The number of ether oxygens (including phenoxy) is 1. The van der Waals surface area contributed by atoms with E-state index in [0.29, 0.717) is 30.6 Å². The van der Waals surface area contributed by atoms with Gasteiger partial charge in [-0.3, -0.25) is 4.90 Å². The van der Waals surface area contributed by atoms with Gasteiger partial charge < -0.3 is 18.5 Å². The average molecular weight is 332 g/mol. The maximum absolute atomic E-state index is 11.7. The first kappa shape index (κ1) is 15.2. The molecule has 128 valence electrons. The van der Waals surface area contributed by atoms with E-state index in [-0.39, 0.29) is 11.7 Å². The van der Waals surface area contributed by atoms with Gasteiger partial charge in [-0.1, -0.05) is 0 Å². The Morgan fingerprint density at radius 3 is 2.96 bits per heavy atom. The van der Waals surface area contributed by atoms with E-state index in [1.165, 1.54) is 0 Å². The maximum Gasteiger partial charge on any atom is 0.410 e. The number of rotatable bonds is 3. The predicted octanol–water partition coefficient (Wildman–Crippen LogP) is 2.14. The topological polar surface area (TPSA) is 84.8 Å². The summed E-state index contributed by atoms with van der Waals surface area (Å²) >= 11 is 0. The van der Waals surface area contributed by atoms with Gasteiger partial charge in [0, 0.05) is 20.0 Å². The van der Waals surface area contributed by atoms with E-state index >= 15 is 0 Å². The molecule has 0 radical (unpaired) electrons. The molecule has 0 aromatic carbocycles. The Labute approximate surface area is 139 Å². The third kappa shape index (κ3) is 2.89. The molecule has 24 heavy (non-hydrogen) atoms. The van der Waals surface area contributed by atoms with Crippen LogP contribution >= 0.6 is 0 Å². The third-order valence-corrected chi connectivity index (χ3v) is 4.69. The lowest BCUT2D eigenvalue weighted by atomic mass is 9.95. The van der Waals surface area contributed by atoms with E-state index in [0.717, 1.165) is 32.4 Å². The van der Waals surface area contributed by atoms with E-state index in [4.69, 9.17) is 13.6 Å². The minimum absolute atomic E-state index is 0.219. The van der Waals surface area contributed by atoms with Gasteiger partial charge in [0.15, 0.2) is 5.76 Å². The van der Waals surface area contributed by atoms with Crippen LogP contribution in [0.15, 0.2) is 27.2 Å². The molecule has 1 spiro atoms. The summed E-state index contributed by atoms with van der Waals surface area (Å²) in [7, 11) is 1.79. The maximum atomic E-state index is 11.7. The largest absolute Gasteiger partial charge is 0.459 e. The van der Waals surface area contributed by atoms with Gasteiger partial charge in [-0.15, -0.1) is 10.2 Å². The van der Waals surface area contributed by atoms with Crippen molar-refractivity contribution in [3.05, 3.63) is 24.3 Å². The standard InChI is InChI=1S/C16H20N4O4/c1-19-11-16(24-15(19)21)5-3-7-20(8-6-16)10-13-17-18-14(23-13)12-4-2-9-22-12/h2,4,9H,3,5-8,10-11H2,1H3/t16-/m0/s1. The monoisotopic (exact) mass is 332 g/mol. The fraction of sp³-hybridized carbons (Fsp3) is 0.562. The van der Waals surface area contributed by atoms with Crippen molar-refractivity contribution in [3.8, 4) is 11.7 Å². The van der Waals surface area contributed by atoms with Crippen LogP contribution in [0.3, 0.4) is 0 Å². The molecule has 4 heterocycles. The summed E-state index contributed by atoms with van der Waals surface area (Å²) in [6.07, 6.45) is 4.04. The van der Waals surface area contributed by atoms with Gasteiger partial charge in [-0.25, -0.2) is 4.79 Å². The zero-order chi connectivity index (χ0) is 16.6. The first-order chi connectivity index (χ1) is 11.6. The zero-order valence-corrected chi connectivity index (χ0v) is 13.6. The number of likely N-dealkylation sites (N-methyl/N-ethyl adjacent to an activating group) is 1. The van der Waals surface area contributed by atoms with Crippen LogP contribution in [-0.2, 0) is 11.3 Å². The molecule has 8 nitrogen and oxygen atoms in total. The molecular formula is C16H20N4O4. The Morgan fingerprint density at radius 1 is 1.29 bits per heavy atom. The lowest BCUT2D eigenvalue weighted by molar-refractivity contribution is 0.0440. The van der Waals surface area contributed by atoms with E-state index in [2.05, 4.69) is 15.1 Å². The molecular weight excluding hydrogens is 312 g/mol. The van der Waals surface area contributed by atoms with Crippen LogP contribution in [0.5, 0.6) is 0 Å². The van der Waals surface area contributed by atoms with Crippen LogP contribution in [0, 0.1) is 0 Å². The van der Waals surface area contributed by atoms with Gasteiger partial charge in [0.25, 0.3) is 5.89 Å². The second-order valence-corrected chi connectivity index (χ2v) is 6.52. The fourth-order valence-corrected chi connectivity index (χ4v) is 3.44. The minimum atomic E-state index is -0.339. The summed E-state index contributed by atoms with van der Waals surface area (Å²) in [5.74, 6) is 1.54. The molecule has 2 saturated heterocycles. The van der Waals surface area contributed by atoms with E-state index in [9.17, 15) is 4.79 Å². The summed E-state index contributed by atoms with van der Waals surface area (Å²) in [5.41, 5.74) is -0.339. The second-order valence-electron chi connectivity index (χ2n) is 6.52. The van der Waals surface area contributed by atoms with Crippen molar-refractivity contribution in [1.29, 1.82) is 0 Å². The van der Waals surface area contributed by atoms with Gasteiger partial charge in [0.2, 0.25) is 5.89 Å². The molecule has 0 unspecified atom stereocenters. The van der Waals surface area contributed by atoms with Crippen LogP contribution in [0.25, 0.3) is 11.7 Å². The highest BCUT2D eigenvalue weighted by atomic mass is 16.6. The fourth-order valence-electron chi connectivity index (χ4n) is 3.44. The van der Waals surface area contributed by atoms with Crippen LogP contribution in [-0.4, -0.2) is 58.4 Å². The molecule has 0 aliphatic carbocycles. The molecule has 0 N–H and O–H groups in total. The number of amides is 1. The molecule has 1 amide bonds. The van der Waals surface area contributed by atoms with Gasteiger partial charge >= 0.3 is 6.09 Å². The lowest BCUT2D eigenvalue weighted by Crippen LogP contribution is -2.35. The summed E-state index contributed by atoms with van der Waals surface area (Å²) < 4.78 is 16.6. The first-order valence-electron chi connectivity index (χ1n) is 8.16. The Hall–Kier alpha value is -2.35. The van der Waals surface area contributed by atoms with E-state index in [1.54, 1.807) is 30.3 Å². The molecule has 4 rings (SSSR count). The van der Waals surface area contributed by atoms with Crippen molar-refractivity contribution < 1.29 is 18.4 Å². The van der Waals surface area contributed by atoms with Crippen molar-refractivity contribution in [1.82, 2.24) is 20.0 Å². The minimum Gasteiger partial charge on any atom is -0.459 e. The van der Waals surface area contributed by atoms with E-state index < -0.39 is 0 Å². The van der Waals surface area contributed by atoms with Crippen molar-refractivity contribution in [2.75, 3.05) is 26.7 Å². The van der Waals surface area contributed by atoms with Crippen LogP contribution < -0.4 is 0 Å². The predicted molar refractivity (Wildman–Crippen MR) is 83.0 cm³/mol. The van der Waals surface area contributed by atoms with Crippen LogP contribution in [0.1, 0.15) is 25.2 Å². The molecule has 2 aromatic rings. The number of hydrogen-bond donors (Lipinski definition) is 0. The Bertz CT molecular complexity index is 713. The quantitative estimate of drug-likeness (QED) is 0.851. The SMILES string of the molecule is CN1C[C@@]2(CCCN(Cc3nnc(-c4ccco4)o3)CC2)OC1=O. The van der Waals surface area contributed by atoms with Gasteiger partial charge in [0.05, 0.1) is 19.4 Å². The first-order valence-corrected chi connectivity index (χ1v) is 8.16. The number of nitrogens with zero attached hydrogens (tertiary/aromatic N) is 4. The molecule has 8 heteroatoms. The van der Waals surface area contributed by atoms with E-state index in [1.807, 2.05) is 0 Å². The molecule has 0 bridgehead atoms. The summed E-state index contributed by atoms with van der Waals surface area (Å²) in [6.45, 7) is 3.01. The van der Waals surface area contributed by atoms with Crippen molar-refractivity contribution in [3.63, 3.8) is 0 Å². The highest BCUT2D eigenvalue weighted by molar-refractivity contribution is 5.70. The van der Waals surface area contributed by atoms with Crippen molar-refractivity contribution in [2.24, 2.45) is 0 Å². The lowest BCUT2D eigenvalue weighted by Gasteiger charge is -2.25. The summed E-state index contributed by atoms with van der Waals surface area (Å²) in [5, 5.41) is 8.12. The zero-order valence-electron chi connectivity index (χ0n) is 13.6. The smallest absolute Gasteiger partial charge is 0.410 e. The third-order valence-electron chi connectivity index (χ3n) is 4.69. The Morgan fingerprint density at radius 2 is 2.21 bits per heavy atom. The number of furan rings is 1. The molecule has 2 aliphatic heterocycles. The highest BCUT2D eigenvalue weighted by Gasteiger charge is 2.44. The van der Waals surface area contributed by atoms with Gasteiger partial charge in [-0.2, -0.15) is 0 Å². The van der Waals surface area contributed by atoms with Crippen LogP contribution in [0.4, 0.5) is 4.79 Å². The summed E-state index contributed by atoms with van der Waals surface area (Å²) in [6, 6.07) is 3.57. The van der Waals surface area contributed by atoms with Gasteiger partial charge in [-0.05, 0) is 31.5 Å². The number of carbonyl (C=O) groups excluding carboxylic acids is 1. The Balaban J connectivity index is 1.39. The highest BCUT2D eigenvalue weighted by Crippen LogP contribution is 2.32. The average Bonchev–Trinajstić information content (AvgIpc) is 3.24. The molecule has 0 saturated carbocycles. The molecule has 2 fully saturated rings. The van der Waals surface area contributed by atoms with Crippen molar-refractivity contribution >= 4 is 6.09 Å². The molecule has 1 atom stereocenters. The summed E-state index contributed by atoms with van der Waals surface area (Å²) in [4.78, 5) is 15.6. The van der Waals surface area contributed by atoms with Crippen LogP contribution in [0.2, 0.25) is 0 Å². The normalized spacial score (nSPS) is 25.2. The Kier molecular flexibility index (Phi) is 3.76. The second kappa shape index (κ2) is 5.94. The molecule has 2 aromatic heterocycles. The number of carbonyl (C=O) groups is 1. The number of hydrogen-bond acceptors (Lipinski definition) is 7.